The minimum Gasteiger partial charge on any atom is -0.493 e. The van der Waals surface area contributed by atoms with Crippen LogP contribution in [0.3, 0.4) is 0 Å². The van der Waals surface area contributed by atoms with Crippen LogP contribution in [0.2, 0.25) is 5.02 Å². The normalized spacial score (nSPS) is 10.7. The maximum absolute atomic E-state index is 11.9. The number of halogens is 1. The molecule has 0 fully saturated rings. The van der Waals surface area contributed by atoms with E-state index in [0.717, 1.165) is 34.1 Å². The summed E-state index contributed by atoms with van der Waals surface area (Å²) in [6, 6.07) is 16.3. The van der Waals surface area contributed by atoms with Gasteiger partial charge in [-0.1, -0.05) is 11.6 Å². The number of carbonyl (C=O) groups is 1. The first-order valence-electron chi connectivity index (χ1n) is 9.47. The number of benzene rings is 2. The SMILES string of the molecule is Cc1cc(OCCCOc2ccc(C=NNC(=O)c3ccncc3)cc2)ccc1Cl. The van der Waals surface area contributed by atoms with Crippen LogP contribution in [0.25, 0.3) is 0 Å². The molecule has 0 aliphatic rings. The number of hydrogen-bond donors (Lipinski definition) is 1. The summed E-state index contributed by atoms with van der Waals surface area (Å²) in [5, 5.41) is 4.70. The second kappa shape index (κ2) is 11.0. The monoisotopic (exact) mass is 423 g/mol. The van der Waals surface area contributed by atoms with Crippen molar-refractivity contribution in [2.45, 2.75) is 13.3 Å². The molecule has 1 N–H and O–H groups in total. The van der Waals surface area contributed by atoms with Crippen molar-refractivity contribution in [1.29, 1.82) is 0 Å². The number of aromatic nitrogens is 1. The summed E-state index contributed by atoms with van der Waals surface area (Å²) in [5.74, 6) is 1.27. The van der Waals surface area contributed by atoms with Crippen molar-refractivity contribution in [3.8, 4) is 11.5 Å². The molecule has 154 valence electrons. The van der Waals surface area contributed by atoms with Gasteiger partial charge in [-0.05, 0) is 72.6 Å². The van der Waals surface area contributed by atoms with Crippen LogP contribution in [0.4, 0.5) is 0 Å². The minimum absolute atomic E-state index is 0.287. The first-order valence-corrected chi connectivity index (χ1v) is 9.85. The molecular formula is C23H22ClN3O3. The summed E-state index contributed by atoms with van der Waals surface area (Å²) in [6.07, 6.45) is 5.45. The number of hydrazone groups is 1. The highest BCUT2D eigenvalue weighted by atomic mass is 35.5. The number of amides is 1. The highest BCUT2D eigenvalue weighted by molar-refractivity contribution is 6.31. The fraction of sp³-hybridized carbons (Fsp3) is 0.174. The lowest BCUT2D eigenvalue weighted by molar-refractivity contribution is 0.0955. The fourth-order valence-corrected chi connectivity index (χ4v) is 2.65. The molecule has 0 radical (unpaired) electrons. The van der Waals surface area contributed by atoms with Gasteiger partial charge in [-0.2, -0.15) is 5.10 Å². The number of nitrogens with zero attached hydrogens (tertiary/aromatic N) is 2. The van der Waals surface area contributed by atoms with Gasteiger partial charge in [0.15, 0.2) is 0 Å². The predicted molar refractivity (Wildman–Crippen MR) is 118 cm³/mol. The molecule has 0 bridgehead atoms. The van der Waals surface area contributed by atoms with E-state index in [1.807, 2.05) is 49.4 Å². The lowest BCUT2D eigenvalue weighted by Crippen LogP contribution is -2.17. The second-order valence-corrected chi connectivity index (χ2v) is 6.87. The minimum atomic E-state index is -0.287. The summed E-state index contributed by atoms with van der Waals surface area (Å²) in [4.78, 5) is 15.8. The van der Waals surface area contributed by atoms with Gasteiger partial charge in [0, 0.05) is 29.4 Å². The van der Waals surface area contributed by atoms with Crippen LogP contribution in [0.5, 0.6) is 11.5 Å². The van der Waals surface area contributed by atoms with Crippen LogP contribution in [-0.4, -0.2) is 30.3 Å². The molecule has 0 atom stereocenters. The van der Waals surface area contributed by atoms with Gasteiger partial charge in [-0.3, -0.25) is 9.78 Å². The number of hydrogen-bond acceptors (Lipinski definition) is 5. The average Bonchev–Trinajstić information content (AvgIpc) is 2.77. The zero-order chi connectivity index (χ0) is 21.2. The number of aryl methyl sites for hydroxylation is 1. The molecule has 7 heteroatoms. The molecule has 3 aromatic rings. The molecule has 0 saturated carbocycles. The van der Waals surface area contributed by atoms with Crippen molar-refractivity contribution in [1.82, 2.24) is 10.4 Å². The topological polar surface area (TPSA) is 72.8 Å². The zero-order valence-electron chi connectivity index (χ0n) is 16.5. The molecule has 0 saturated heterocycles. The Labute approximate surface area is 180 Å². The van der Waals surface area contributed by atoms with E-state index in [1.54, 1.807) is 30.7 Å². The molecule has 0 aliphatic carbocycles. The largest absolute Gasteiger partial charge is 0.493 e. The van der Waals surface area contributed by atoms with Gasteiger partial charge in [0.2, 0.25) is 0 Å². The number of nitrogens with one attached hydrogen (secondary N) is 1. The maximum atomic E-state index is 11.9. The molecule has 0 aliphatic heterocycles. The lowest BCUT2D eigenvalue weighted by Gasteiger charge is -2.09. The fourth-order valence-electron chi connectivity index (χ4n) is 2.53. The summed E-state index contributed by atoms with van der Waals surface area (Å²) < 4.78 is 11.4. The van der Waals surface area contributed by atoms with E-state index in [9.17, 15) is 4.79 Å². The molecule has 0 spiro atoms. The van der Waals surface area contributed by atoms with Crippen LogP contribution >= 0.6 is 11.6 Å². The van der Waals surface area contributed by atoms with Crippen LogP contribution in [0.1, 0.15) is 27.9 Å². The van der Waals surface area contributed by atoms with Crippen LogP contribution < -0.4 is 14.9 Å². The van der Waals surface area contributed by atoms with Crippen molar-refractivity contribution in [2.75, 3.05) is 13.2 Å². The van der Waals surface area contributed by atoms with Crippen molar-refractivity contribution in [3.05, 3.63) is 88.7 Å². The lowest BCUT2D eigenvalue weighted by atomic mass is 10.2. The standard InChI is InChI=1S/C23H22ClN3O3/c1-17-15-21(7-8-22(17)24)30-14-2-13-29-20-5-3-18(4-6-20)16-26-27-23(28)19-9-11-25-12-10-19/h3-12,15-16H,2,13-14H2,1H3,(H,27,28). The van der Waals surface area contributed by atoms with E-state index in [1.165, 1.54) is 0 Å². The Balaban J connectivity index is 1.37. The molecule has 1 amide bonds. The Morgan fingerprint density at radius 2 is 1.70 bits per heavy atom. The number of rotatable bonds is 9. The van der Waals surface area contributed by atoms with E-state index >= 15 is 0 Å². The molecule has 6 nitrogen and oxygen atoms in total. The van der Waals surface area contributed by atoms with Crippen molar-refractivity contribution < 1.29 is 14.3 Å². The van der Waals surface area contributed by atoms with Crippen molar-refractivity contribution in [2.24, 2.45) is 5.10 Å². The Bertz CT molecular complexity index is 992. The smallest absolute Gasteiger partial charge is 0.271 e. The van der Waals surface area contributed by atoms with Crippen LogP contribution in [0.15, 0.2) is 72.1 Å². The van der Waals surface area contributed by atoms with Gasteiger partial charge in [-0.25, -0.2) is 5.43 Å². The molecule has 3 rings (SSSR count). The molecule has 30 heavy (non-hydrogen) atoms. The number of ether oxygens (including phenoxy) is 2. The van der Waals surface area contributed by atoms with Gasteiger partial charge in [0.05, 0.1) is 19.4 Å². The maximum Gasteiger partial charge on any atom is 0.271 e. The third-order valence-electron chi connectivity index (χ3n) is 4.16. The summed E-state index contributed by atoms with van der Waals surface area (Å²) in [6.45, 7) is 3.05. The first-order chi connectivity index (χ1) is 14.6. The van der Waals surface area contributed by atoms with Gasteiger partial charge < -0.3 is 9.47 Å². The van der Waals surface area contributed by atoms with Crippen molar-refractivity contribution >= 4 is 23.7 Å². The molecule has 1 aromatic heterocycles. The van der Waals surface area contributed by atoms with E-state index < -0.39 is 0 Å². The molecule has 2 aromatic carbocycles. The third kappa shape index (κ3) is 6.60. The van der Waals surface area contributed by atoms with Crippen molar-refractivity contribution in [3.63, 3.8) is 0 Å². The predicted octanol–water partition coefficient (Wildman–Crippen LogP) is 4.66. The Kier molecular flexibility index (Phi) is 7.80. The number of carbonyl (C=O) groups excluding carboxylic acids is 1. The third-order valence-corrected chi connectivity index (χ3v) is 4.58. The highest BCUT2D eigenvalue weighted by Crippen LogP contribution is 2.21. The van der Waals surface area contributed by atoms with Gasteiger partial charge in [-0.15, -0.1) is 0 Å². The zero-order valence-corrected chi connectivity index (χ0v) is 17.3. The summed E-state index contributed by atoms with van der Waals surface area (Å²) in [7, 11) is 0. The van der Waals surface area contributed by atoms with Gasteiger partial charge in [0.25, 0.3) is 5.91 Å². The van der Waals surface area contributed by atoms with E-state index in [2.05, 4.69) is 15.5 Å². The molecular weight excluding hydrogens is 402 g/mol. The molecule has 1 heterocycles. The first kappa shape index (κ1) is 21.3. The Hall–Kier alpha value is -3.38. The van der Waals surface area contributed by atoms with Crippen LogP contribution in [0, 0.1) is 6.92 Å². The highest BCUT2D eigenvalue weighted by Gasteiger charge is 2.02. The molecule has 0 unspecified atom stereocenters. The Morgan fingerprint density at radius 3 is 2.40 bits per heavy atom. The van der Waals surface area contributed by atoms with Crippen LogP contribution in [-0.2, 0) is 0 Å². The quantitative estimate of drug-likeness (QED) is 0.309. The Morgan fingerprint density at radius 1 is 1.03 bits per heavy atom. The van der Waals surface area contributed by atoms with Gasteiger partial charge >= 0.3 is 0 Å². The number of pyridine rings is 1. The van der Waals surface area contributed by atoms with E-state index in [-0.39, 0.29) is 5.91 Å². The van der Waals surface area contributed by atoms with E-state index in [4.69, 9.17) is 21.1 Å². The summed E-state index contributed by atoms with van der Waals surface area (Å²) >= 11 is 6.01. The van der Waals surface area contributed by atoms with Gasteiger partial charge in [0.1, 0.15) is 11.5 Å². The second-order valence-electron chi connectivity index (χ2n) is 6.47. The van der Waals surface area contributed by atoms with E-state index in [0.29, 0.717) is 18.8 Å². The summed E-state index contributed by atoms with van der Waals surface area (Å²) in [5.41, 5.74) is 4.82. The average molecular weight is 424 g/mol.